The third-order valence-corrected chi connectivity index (χ3v) is 3.62. The first-order valence-corrected chi connectivity index (χ1v) is 7.09. The van der Waals surface area contributed by atoms with Gasteiger partial charge >= 0.3 is 0 Å². The predicted molar refractivity (Wildman–Crippen MR) is 87.3 cm³/mol. The highest BCUT2D eigenvalue weighted by atomic mass is 16.1. The molecular formula is C19H17NO. The Bertz CT molecular complexity index is 741. The molecule has 0 saturated carbocycles. The first-order valence-electron chi connectivity index (χ1n) is 7.09. The van der Waals surface area contributed by atoms with Gasteiger partial charge in [0, 0.05) is 11.8 Å². The van der Waals surface area contributed by atoms with Gasteiger partial charge < -0.3 is 5.32 Å². The molecule has 0 aromatic heterocycles. The van der Waals surface area contributed by atoms with Crippen molar-refractivity contribution in [2.75, 3.05) is 5.32 Å². The van der Waals surface area contributed by atoms with Crippen molar-refractivity contribution >= 4 is 11.6 Å². The molecule has 21 heavy (non-hydrogen) atoms. The Morgan fingerprint density at radius 3 is 2.71 bits per heavy atom. The van der Waals surface area contributed by atoms with Crippen LogP contribution in [-0.4, -0.2) is 5.91 Å². The molecule has 1 aliphatic carbocycles. The number of carbonyl (C=O) groups excluding carboxylic acids is 1. The topological polar surface area (TPSA) is 29.1 Å². The second-order valence-electron chi connectivity index (χ2n) is 5.08. The fraction of sp³-hybridized carbons (Fsp3) is 0.105. The van der Waals surface area contributed by atoms with Gasteiger partial charge in [0.05, 0.1) is 0 Å². The lowest BCUT2D eigenvalue weighted by Gasteiger charge is -2.06. The van der Waals surface area contributed by atoms with Gasteiger partial charge in [-0.3, -0.25) is 4.79 Å². The summed E-state index contributed by atoms with van der Waals surface area (Å²) < 4.78 is 0. The zero-order valence-corrected chi connectivity index (χ0v) is 12.0. The van der Waals surface area contributed by atoms with Gasteiger partial charge in [-0.15, -0.1) is 0 Å². The van der Waals surface area contributed by atoms with Crippen LogP contribution in [0.2, 0.25) is 0 Å². The van der Waals surface area contributed by atoms with Crippen LogP contribution in [0.15, 0.2) is 66.8 Å². The smallest absolute Gasteiger partial charge is 0.248 e. The standard InChI is InChI=1S/C19H17NO/c1-2-3-4-9-19(21)20-16-11-10-15-12-14-7-5-6-8-17(14)18(15)13-16/h2-11,13H,12H2,1H3,(H,20,21)/b3-2+,9-4+. The average molecular weight is 275 g/mol. The van der Waals surface area contributed by atoms with Crippen molar-refractivity contribution in [1.82, 2.24) is 0 Å². The molecule has 0 unspecified atom stereocenters. The highest BCUT2D eigenvalue weighted by Gasteiger charge is 2.17. The highest BCUT2D eigenvalue weighted by Crippen LogP contribution is 2.37. The summed E-state index contributed by atoms with van der Waals surface area (Å²) in [6.07, 6.45) is 7.95. The van der Waals surface area contributed by atoms with Crippen molar-refractivity contribution in [3.05, 3.63) is 77.9 Å². The number of fused-ring (bicyclic) bond motifs is 3. The summed E-state index contributed by atoms with van der Waals surface area (Å²) in [6.45, 7) is 1.92. The van der Waals surface area contributed by atoms with Gasteiger partial charge in [0.2, 0.25) is 5.91 Å². The van der Waals surface area contributed by atoms with Crippen molar-refractivity contribution in [2.45, 2.75) is 13.3 Å². The Labute approximate surface area is 124 Å². The van der Waals surface area contributed by atoms with Crippen molar-refractivity contribution in [1.29, 1.82) is 0 Å². The lowest BCUT2D eigenvalue weighted by Crippen LogP contribution is -2.07. The summed E-state index contributed by atoms with van der Waals surface area (Å²) in [5.41, 5.74) is 6.00. The Morgan fingerprint density at radius 1 is 1.05 bits per heavy atom. The van der Waals surface area contributed by atoms with Gasteiger partial charge in [-0.2, -0.15) is 0 Å². The predicted octanol–water partition coefficient (Wildman–Crippen LogP) is 4.33. The van der Waals surface area contributed by atoms with E-state index in [-0.39, 0.29) is 5.91 Å². The number of amides is 1. The minimum Gasteiger partial charge on any atom is -0.322 e. The highest BCUT2D eigenvalue weighted by molar-refractivity contribution is 6.00. The van der Waals surface area contributed by atoms with E-state index in [9.17, 15) is 4.79 Å². The maximum atomic E-state index is 11.8. The fourth-order valence-electron chi connectivity index (χ4n) is 2.64. The molecule has 0 heterocycles. The lowest BCUT2D eigenvalue weighted by atomic mass is 10.1. The Morgan fingerprint density at radius 2 is 1.86 bits per heavy atom. The molecule has 104 valence electrons. The Hall–Kier alpha value is -2.61. The van der Waals surface area contributed by atoms with E-state index < -0.39 is 0 Å². The molecule has 2 heteroatoms. The van der Waals surface area contributed by atoms with Crippen molar-refractivity contribution in [3.8, 4) is 11.1 Å². The normalized spacial score (nSPS) is 12.6. The van der Waals surface area contributed by atoms with Crippen LogP contribution in [0.1, 0.15) is 18.1 Å². The summed E-state index contributed by atoms with van der Waals surface area (Å²) in [6, 6.07) is 14.5. The third-order valence-electron chi connectivity index (χ3n) is 3.62. The van der Waals surface area contributed by atoms with E-state index in [0.717, 1.165) is 12.1 Å². The molecule has 2 nitrogen and oxygen atoms in total. The molecule has 3 rings (SSSR count). The minimum atomic E-state index is -0.112. The van der Waals surface area contributed by atoms with Crippen LogP contribution in [0.25, 0.3) is 11.1 Å². The summed E-state index contributed by atoms with van der Waals surface area (Å²) in [4.78, 5) is 11.8. The zero-order valence-electron chi connectivity index (χ0n) is 12.0. The van der Waals surface area contributed by atoms with E-state index in [1.54, 1.807) is 6.08 Å². The van der Waals surface area contributed by atoms with Gasteiger partial charge in [-0.05, 0) is 47.7 Å². The van der Waals surface area contributed by atoms with Crippen molar-refractivity contribution in [3.63, 3.8) is 0 Å². The van der Waals surface area contributed by atoms with E-state index in [1.807, 2.05) is 25.1 Å². The summed E-state index contributed by atoms with van der Waals surface area (Å²) in [5.74, 6) is -0.112. The molecule has 0 bridgehead atoms. The average Bonchev–Trinajstić information content (AvgIpc) is 2.86. The van der Waals surface area contributed by atoms with Crippen LogP contribution in [0.5, 0.6) is 0 Å². The third kappa shape index (κ3) is 2.79. The summed E-state index contributed by atoms with van der Waals surface area (Å²) >= 11 is 0. The molecule has 2 aromatic rings. The molecular weight excluding hydrogens is 258 g/mol. The van der Waals surface area contributed by atoms with Crippen LogP contribution >= 0.6 is 0 Å². The summed E-state index contributed by atoms with van der Waals surface area (Å²) in [5, 5.41) is 2.90. The number of nitrogens with one attached hydrogen (secondary N) is 1. The molecule has 0 saturated heterocycles. The quantitative estimate of drug-likeness (QED) is 0.559. The number of hydrogen-bond acceptors (Lipinski definition) is 1. The van der Waals surface area contributed by atoms with Crippen LogP contribution in [0.3, 0.4) is 0 Å². The largest absolute Gasteiger partial charge is 0.322 e. The molecule has 0 atom stereocenters. The molecule has 1 amide bonds. The van der Waals surface area contributed by atoms with Crippen LogP contribution in [0.4, 0.5) is 5.69 Å². The molecule has 0 aliphatic heterocycles. The lowest BCUT2D eigenvalue weighted by molar-refractivity contribution is -0.111. The molecule has 0 fully saturated rings. The van der Waals surface area contributed by atoms with Crippen LogP contribution in [-0.2, 0) is 11.2 Å². The zero-order chi connectivity index (χ0) is 14.7. The first-order chi connectivity index (χ1) is 10.3. The van der Waals surface area contributed by atoms with Gasteiger partial charge in [0.25, 0.3) is 0 Å². The number of carbonyl (C=O) groups is 1. The van der Waals surface area contributed by atoms with E-state index in [2.05, 4.69) is 41.7 Å². The van der Waals surface area contributed by atoms with Gasteiger partial charge in [0.1, 0.15) is 0 Å². The summed E-state index contributed by atoms with van der Waals surface area (Å²) in [7, 11) is 0. The fourth-order valence-corrected chi connectivity index (χ4v) is 2.64. The number of benzene rings is 2. The van der Waals surface area contributed by atoms with Crippen LogP contribution in [0, 0.1) is 0 Å². The monoisotopic (exact) mass is 275 g/mol. The van der Waals surface area contributed by atoms with Crippen molar-refractivity contribution in [2.24, 2.45) is 0 Å². The minimum absolute atomic E-state index is 0.112. The molecule has 2 aromatic carbocycles. The van der Waals surface area contributed by atoms with Gasteiger partial charge in [-0.1, -0.05) is 48.6 Å². The van der Waals surface area contributed by atoms with E-state index in [4.69, 9.17) is 0 Å². The van der Waals surface area contributed by atoms with Crippen LogP contribution < -0.4 is 5.32 Å². The number of allylic oxidation sites excluding steroid dienone is 3. The Kier molecular flexibility index (Phi) is 3.69. The van der Waals surface area contributed by atoms with Gasteiger partial charge in [0.15, 0.2) is 0 Å². The second kappa shape index (κ2) is 5.80. The van der Waals surface area contributed by atoms with Crippen molar-refractivity contribution < 1.29 is 4.79 Å². The molecule has 1 aliphatic rings. The number of rotatable bonds is 3. The van der Waals surface area contributed by atoms with E-state index in [1.165, 1.54) is 28.3 Å². The first kappa shape index (κ1) is 13.4. The molecule has 1 N–H and O–H groups in total. The van der Waals surface area contributed by atoms with E-state index >= 15 is 0 Å². The maximum Gasteiger partial charge on any atom is 0.248 e. The number of anilines is 1. The maximum absolute atomic E-state index is 11.8. The SMILES string of the molecule is C/C=C/C=C/C(=O)Nc1ccc2c(c1)-c1ccccc1C2. The van der Waals surface area contributed by atoms with E-state index in [0.29, 0.717) is 0 Å². The van der Waals surface area contributed by atoms with Gasteiger partial charge in [-0.25, -0.2) is 0 Å². The molecule has 0 spiro atoms. The molecule has 0 radical (unpaired) electrons. The second-order valence-corrected chi connectivity index (χ2v) is 5.08. The Balaban J connectivity index is 1.83. The number of hydrogen-bond donors (Lipinski definition) is 1.